The van der Waals surface area contributed by atoms with Crippen LogP contribution >= 0.6 is 11.3 Å². The summed E-state index contributed by atoms with van der Waals surface area (Å²) in [5.74, 6) is 0.172. The number of rotatable bonds is 5. The number of aromatic nitrogens is 2. The Labute approximate surface area is 173 Å². The van der Waals surface area contributed by atoms with E-state index in [0.717, 1.165) is 31.2 Å². The zero-order valence-electron chi connectivity index (χ0n) is 16.0. The van der Waals surface area contributed by atoms with E-state index in [4.69, 9.17) is 0 Å². The Kier molecular flexibility index (Phi) is 5.74. The molecule has 6 nitrogen and oxygen atoms in total. The fraction of sp³-hybridized carbons (Fsp3) is 0.318. The standard InChI is InChI=1S/C22H22N4O2S/c23-13-17-16-9-5-2-6-10-18(16)29-22(17)25-19(27)14-26-12-11-24-21(26)20(28)15-7-3-1-4-8-15/h1,3-4,7-8,11-12,20,28H,2,5-6,9-10,14H2,(H,25,27)/t20-/m1/s1. The molecule has 1 aliphatic carbocycles. The highest BCUT2D eigenvalue weighted by molar-refractivity contribution is 7.16. The molecule has 0 radical (unpaired) electrons. The lowest BCUT2D eigenvalue weighted by Gasteiger charge is -2.13. The largest absolute Gasteiger partial charge is 0.380 e. The maximum Gasteiger partial charge on any atom is 0.244 e. The molecule has 2 heterocycles. The maximum absolute atomic E-state index is 12.7. The molecule has 0 bridgehead atoms. The van der Waals surface area contributed by atoms with Crippen molar-refractivity contribution in [1.82, 2.24) is 9.55 Å². The van der Waals surface area contributed by atoms with Crippen LogP contribution in [0.2, 0.25) is 0 Å². The summed E-state index contributed by atoms with van der Waals surface area (Å²) in [6, 6.07) is 11.5. The number of imidazole rings is 1. The van der Waals surface area contributed by atoms with E-state index in [1.807, 2.05) is 30.3 Å². The van der Waals surface area contributed by atoms with Crippen molar-refractivity contribution < 1.29 is 9.90 Å². The minimum absolute atomic E-state index is 0.0205. The number of carbonyl (C=O) groups is 1. The summed E-state index contributed by atoms with van der Waals surface area (Å²) < 4.78 is 1.64. The van der Waals surface area contributed by atoms with E-state index in [1.165, 1.54) is 22.6 Å². The molecule has 0 spiro atoms. The Morgan fingerprint density at radius 1 is 1.28 bits per heavy atom. The Morgan fingerprint density at radius 2 is 2.07 bits per heavy atom. The van der Waals surface area contributed by atoms with Gasteiger partial charge in [-0.2, -0.15) is 5.26 Å². The molecule has 0 saturated heterocycles. The predicted octanol–water partition coefficient (Wildman–Crippen LogP) is 3.81. The molecule has 7 heteroatoms. The van der Waals surface area contributed by atoms with E-state index in [-0.39, 0.29) is 12.5 Å². The first-order chi connectivity index (χ1) is 14.2. The van der Waals surface area contributed by atoms with Crippen molar-refractivity contribution in [2.75, 3.05) is 5.32 Å². The first kappa shape index (κ1) is 19.4. The van der Waals surface area contributed by atoms with Crippen LogP contribution in [0.4, 0.5) is 5.00 Å². The number of hydrogen-bond donors (Lipinski definition) is 2. The highest BCUT2D eigenvalue weighted by atomic mass is 32.1. The first-order valence-electron chi connectivity index (χ1n) is 9.76. The number of amides is 1. The van der Waals surface area contributed by atoms with E-state index >= 15 is 0 Å². The first-order valence-corrected chi connectivity index (χ1v) is 10.6. The zero-order chi connectivity index (χ0) is 20.2. The Bertz CT molecular complexity index is 1050. The topological polar surface area (TPSA) is 90.9 Å². The van der Waals surface area contributed by atoms with Crippen molar-refractivity contribution in [3.05, 3.63) is 70.1 Å². The van der Waals surface area contributed by atoms with E-state index in [1.54, 1.807) is 17.0 Å². The molecule has 2 N–H and O–H groups in total. The third-order valence-corrected chi connectivity index (χ3v) is 6.41. The van der Waals surface area contributed by atoms with E-state index in [2.05, 4.69) is 16.4 Å². The summed E-state index contributed by atoms with van der Waals surface area (Å²) in [5, 5.41) is 23.8. The van der Waals surface area contributed by atoms with Crippen molar-refractivity contribution >= 4 is 22.2 Å². The van der Waals surface area contributed by atoms with Gasteiger partial charge in [0.15, 0.2) is 0 Å². The number of carbonyl (C=O) groups excluding carboxylic acids is 1. The highest BCUT2D eigenvalue weighted by Crippen LogP contribution is 2.37. The molecule has 0 unspecified atom stereocenters. The van der Waals surface area contributed by atoms with Gasteiger partial charge < -0.3 is 15.0 Å². The Balaban J connectivity index is 1.51. The molecule has 4 rings (SSSR count). The number of nitrogens with zero attached hydrogens (tertiary/aromatic N) is 3. The van der Waals surface area contributed by atoms with Crippen molar-refractivity contribution in [1.29, 1.82) is 5.26 Å². The second-order valence-electron chi connectivity index (χ2n) is 7.16. The fourth-order valence-corrected chi connectivity index (χ4v) is 5.01. The number of benzene rings is 1. The third-order valence-electron chi connectivity index (χ3n) is 5.21. The lowest BCUT2D eigenvalue weighted by molar-refractivity contribution is -0.116. The van der Waals surface area contributed by atoms with Crippen LogP contribution in [0.5, 0.6) is 0 Å². The molecule has 1 amide bonds. The summed E-state index contributed by atoms with van der Waals surface area (Å²) in [6.07, 6.45) is 7.61. The van der Waals surface area contributed by atoms with Crippen LogP contribution in [0.3, 0.4) is 0 Å². The molecule has 1 atom stereocenters. The summed E-state index contributed by atoms with van der Waals surface area (Å²) in [6.45, 7) is 0.0205. The normalized spacial score (nSPS) is 14.5. The smallest absolute Gasteiger partial charge is 0.244 e. The molecule has 2 aromatic heterocycles. The van der Waals surface area contributed by atoms with Crippen LogP contribution in [0, 0.1) is 11.3 Å². The van der Waals surface area contributed by atoms with Crippen molar-refractivity contribution in [2.45, 2.75) is 44.8 Å². The second-order valence-corrected chi connectivity index (χ2v) is 8.26. The zero-order valence-corrected chi connectivity index (χ0v) is 16.8. The van der Waals surface area contributed by atoms with E-state index in [9.17, 15) is 15.2 Å². The number of aryl methyl sites for hydroxylation is 1. The molecule has 29 heavy (non-hydrogen) atoms. The molecule has 0 saturated carbocycles. The number of aliphatic hydroxyl groups is 1. The van der Waals surface area contributed by atoms with Gasteiger partial charge in [-0.1, -0.05) is 36.8 Å². The molecular weight excluding hydrogens is 384 g/mol. The predicted molar refractivity (Wildman–Crippen MR) is 112 cm³/mol. The number of hydrogen-bond acceptors (Lipinski definition) is 5. The molecule has 0 aliphatic heterocycles. The summed E-state index contributed by atoms with van der Waals surface area (Å²) in [7, 11) is 0. The van der Waals surface area contributed by atoms with E-state index < -0.39 is 6.10 Å². The quantitative estimate of drug-likeness (QED) is 0.631. The number of thiophene rings is 1. The summed E-state index contributed by atoms with van der Waals surface area (Å²) >= 11 is 1.52. The van der Waals surface area contributed by atoms with Gasteiger partial charge in [0.25, 0.3) is 0 Å². The van der Waals surface area contributed by atoms with Gasteiger partial charge in [0, 0.05) is 17.3 Å². The maximum atomic E-state index is 12.7. The second kappa shape index (κ2) is 8.60. The van der Waals surface area contributed by atoms with Crippen LogP contribution in [0.1, 0.15) is 52.8 Å². The molecule has 3 aromatic rings. The molecule has 0 fully saturated rings. The molecule has 1 aliphatic rings. The Hall–Kier alpha value is -2.95. The van der Waals surface area contributed by atoms with Gasteiger partial charge in [0.05, 0.1) is 5.56 Å². The van der Waals surface area contributed by atoms with Gasteiger partial charge in [-0.15, -0.1) is 11.3 Å². The molecular formula is C22H22N4O2S. The lowest BCUT2D eigenvalue weighted by Crippen LogP contribution is -2.21. The number of aliphatic hydroxyl groups excluding tert-OH is 1. The van der Waals surface area contributed by atoms with Crippen LogP contribution < -0.4 is 5.32 Å². The van der Waals surface area contributed by atoms with Crippen LogP contribution in [0.25, 0.3) is 0 Å². The van der Waals surface area contributed by atoms with Crippen molar-refractivity contribution in [2.24, 2.45) is 0 Å². The van der Waals surface area contributed by atoms with Crippen LogP contribution in [-0.4, -0.2) is 20.6 Å². The number of anilines is 1. The SMILES string of the molecule is N#Cc1c(NC(=O)Cn2ccnc2[C@H](O)c2ccccc2)sc2c1CCCCC2. The highest BCUT2D eigenvalue weighted by Gasteiger charge is 2.22. The minimum Gasteiger partial charge on any atom is -0.380 e. The van der Waals surface area contributed by atoms with Crippen LogP contribution in [-0.2, 0) is 24.2 Å². The van der Waals surface area contributed by atoms with Crippen LogP contribution in [0.15, 0.2) is 42.7 Å². The fourth-order valence-electron chi connectivity index (χ4n) is 3.76. The monoisotopic (exact) mass is 406 g/mol. The average molecular weight is 407 g/mol. The van der Waals surface area contributed by atoms with Gasteiger partial charge in [0.2, 0.25) is 5.91 Å². The molecule has 148 valence electrons. The van der Waals surface area contributed by atoms with Gasteiger partial charge in [-0.25, -0.2) is 4.98 Å². The van der Waals surface area contributed by atoms with Gasteiger partial charge >= 0.3 is 0 Å². The number of nitriles is 1. The summed E-state index contributed by atoms with van der Waals surface area (Å²) in [5.41, 5.74) is 2.43. The number of nitrogens with one attached hydrogen (secondary N) is 1. The van der Waals surface area contributed by atoms with Crippen molar-refractivity contribution in [3.63, 3.8) is 0 Å². The summed E-state index contributed by atoms with van der Waals surface area (Å²) in [4.78, 5) is 18.1. The van der Waals surface area contributed by atoms with Gasteiger partial charge in [-0.05, 0) is 36.8 Å². The minimum atomic E-state index is -0.911. The van der Waals surface area contributed by atoms with E-state index in [0.29, 0.717) is 22.0 Å². The molecule has 1 aromatic carbocycles. The lowest BCUT2D eigenvalue weighted by atomic mass is 10.1. The van der Waals surface area contributed by atoms with Gasteiger partial charge in [-0.3, -0.25) is 4.79 Å². The number of fused-ring (bicyclic) bond motifs is 1. The average Bonchev–Trinajstić information content (AvgIpc) is 3.24. The Morgan fingerprint density at radius 3 is 2.86 bits per heavy atom. The van der Waals surface area contributed by atoms with Crippen molar-refractivity contribution in [3.8, 4) is 6.07 Å². The van der Waals surface area contributed by atoms with Gasteiger partial charge in [0.1, 0.15) is 29.5 Å². The third kappa shape index (κ3) is 4.09.